The van der Waals surface area contributed by atoms with Crippen molar-refractivity contribution in [3.8, 4) is 0 Å². The minimum absolute atomic E-state index is 0.0219. The molecule has 2 heteroatoms. The first-order valence-electron chi connectivity index (χ1n) is 6.36. The molecule has 1 amide bonds. The van der Waals surface area contributed by atoms with Crippen LogP contribution in [0.5, 0.6) is 0 Å². The summed E-state index contributed by atoms with van der Waals surface area (Å²) < 4.78 is 0. The number of carbonyl (C=O) groups is 1. The Labute approximate surface area is 114 Å². The van der Waals surface area contributed by atoms with Crippen molar-refractivity contribution >= 4 is 11.6 Å². The molecule has 0 aliphatic heterocycles. The Bertz CT molecular complexity index is 534. The van der Waals surface area contributed by atoms with Crippen molar-refractivity contribution in [1.29, 1.82) is 0 Å². The molecule has 19 heavy (non-hydrogen) atoms. The number of rotatable bonds is 5. The predicted octanol–water partition coefficient (Wildman–Crippen LogP) is 3.91. The minimum Gasteiger partial charge on any atom is -0.308 e. The molecular weight excluding hydrogens is 234 g/mol. The van der Waals surface area contributed by atoms with E-state index in [0.29, 0.717) is 12.1 Å². The van der Waals surface area contributed by atoms with Gasteiger partial charge in [0, 0.05) is 17.8 Å². The number of benzene rings is 2. The van der Waals surface area contributed by atoms with Crippen molar-refractivity contribution < 1.29 is 4.79 Å². The zero-order valence-electron chi connectivity index (χ0n) is 10.8. The van der Waals surface area contributed by atoms with Gasteiger partial charge in [0.05, 0.1) is 0 Å². The van der Waals surface area contributed by atoms with E-state index in [1.807, 2.05) is 66.7 Å². The van der Waals surface area contributed by atoms with Crippen molar-refractivity contribution in [3.05, 3.63) is 78.9 Å². The maximum absolute atomic E-state index is 12.5. The van der Waals surface area contributed by atoms with Gasteiger partial charge in [0.25, 0.3) is 5.91 Å². The first kappa shape index (κ1) is 13.1. The molecule has 0 radical (unpaired) electrons. The number of anilines is 1. The van der Waals surface area contributed by atoms with Gasteiger partial charge in [0.2, 0.25) is 0 Å². The summed E-state index contributed by atoms with van der Waals surface area (Å²) in [5.41, 5.74) is 1.62. The second kappa shape index (κ2) is 6.55. The van der Waals surface area contributed by atoms with E-state index in [-0.39, 0.29) is 5.91 Å². The Hall–Kier alpha value is -2.35. The van der Waals surface area contributed by atoms with Crippen LogP contribution in [-0.2, 0) is 0 Å². The monoisotopic (exact) mass is 251 g/mol. The van der Waals surface area contributed by atoms with E-state index in [1.165, 1.54) is 0 Å². The van der Waals surface area contributed by atoms with Crippen LogP contribution in [0, 0.1) is 0 Å². The number of para-hydroxylation sites is 1. The maximum atomic E-state index is 12.5. The molecule has 0 fully saturated rings. The highest BCUT2D eigenvalue weighted by Gasteiger charge is 2.16. The molecule has 2 nitrogen and oxygen atoms in total. The van der Waals surface area contributed by atoms with Crippen LogP contribution in [0.1, 0.15) is 16.8 Å². The summed E-state index contributed by atoms with van der Waals surface area (Å²) in [6.07, 6.45) is 2.60. The van der Waals surface area contributed by atoms with Crippen LogP contribution < -0.4 is 4.90 Å². The topological polar surface area (TPSA) is 20.3 Å². The molecule has 0 saturated carbocycles. The summed E-state index contributed by atoms with van der Waals surface area (Å²) in [5, 5.41) is 0. The van der Waals surface area contributed by atoms with E-state index in [4.69, 9.17) is 0 Å². The summed E-state index contributed by atoms with van der Waals surface area (Å²) in [5.74, 6) is 0.0219. The number of carbonyl (C=O) groups excluding carboxylic acids is 1. The minimum atomic E-state index is 0.0219. The van der Waals surface area contributed by atoms with Gasteiger partial charge < -0.3 is 4.90 Å². The van der Waals surface area contributed by atoms with Gasteiger partial charge in [-0.25, -0.2) is 0 Å². The van der Waals surface area contributed by atoms with E-state index < -0.39 is 0 Å². The Morgan fingerprint density at radius 1 is 1.00 bits per heavy atom. The third-order valence-electron chi connectivity index (χ3n) is 2.89. The van der Waals surface area contributed by atoms with E-state index in [1.54, 1.807) is 4.90 Å². The Morgan fingerprint density at radius 3 is 2.16 bits per heavy atom. The quantitative estimate of drug-likeness (QED) is 0.738. The van der Waals surface area contributed by atoms with E-state index in [2.05, 4.69) is 6.58 Å². The molecule has 2 rings (SSSR count). The molecule has 0 aromatic heterocycles. The molecule has 0 saturated heterocycles. The molecule has 0 atom stereocenters. The fraction of sp³-hybridized carbons (Fsp3) is 0.118. The summed E-state index contributed by atoms with van der Waals surface area (Å²) in [6.45, 7) is 4.36. The van der Waals surface area contributed by atoms with Gasteiger partial charge in [0.15, 0.2) is 0 Å². The van der Waals surface area contributed by atoms with Crippen molar-refractivity contribution in [2.75, 3.05) is 11.4 Å². The SMILES string of the molecule is C=CCCN(C(=O)c1ccccc1)c1ccccc1. The van der Waals surface area contributed by atoms with Crippen LogP contribution in [-0.4, -0.2) is 12.5 Å². The smallest absolute Gasteiger partial charge is 0.258 e. The molecule has 0 spiro atoms. The fourth-order valence-corrected chi connectivity index (χ4v) is 1.91. The van der Waals surface area contributed by atoms with Crippen LogP contribution in [0.3, 0.4) is 0 Å². The van der Waals surface area contributed by atoms with Gasteiger partial charge in [-0.15, -0.1) is 6.58 Å². The van der Waals surface area contributed by atoms with Crippen LogP contribution in [0.25, 0.3) is 0 Å². The lowest BCUT2D eigenvalue weighted by Gasteiger charge is -2.22. The van der Waals surface area contributed by atoms with Crippen LogP contribution >= 0.6 is 0 Å². The molecule has 2 aromatic carbocycles. The number of amides is 1. The van der Waals surface area contributed by atoms with Crippen molar-refractivity contribution in [2.45, 2.75) is 6.42 Å². The van der Waals surface area contributed by atoms with Crippen LogP contribution in [0.4, 0.5) is 5.69 Å². The van der Waals surface area contributed by atoms with Crippen molar-refractivity contribution in [1.82, 2.24) is 0 Å². The van der Waals surface area contributed by atoms with Crippen molar-refractivity contribution in [3.63, 3.8) is 0 Å². The van der Waals surface area contributed by atoms with Gasteiger partial charge in [-0.3, -0.25) is 4.79 Å². The van der Waals surface area contributed by atoms with Gasteiger partial charge in [-0.2, -0.15) is 0 Å². The summed E-state index contributed by atoms with van der Waals surface area (Å²) in [6, 6.07) is 19.1. The molecular formula is C17H17NO. The van der Waals surface area contributed by atoms with Gasteiger partial charge in [0.1, 0.15) is 0 Å². The van der Waals surface area contributed by atoms with Crippen molar-refractivity contribution in [2.24, 2.45) is 0 Å². The highest BCUT2D eigenvalue weighted by Crippen LogP contribution is 2.17. The van der Waals surface area contributed by atoms with E-state index in [0.717, 1.165) is 12.1 Å². The zero-order valence-corrected chi connectivity index (χ0v) is 10.8. The highest BCUT2D eigenvalue weighted by molar-refractivity contribution is 6.06. The number of nitrogens with zero attached hydrogens (tertiary/aromatic N) is 1. The van der Waals surface area contributed by atoms with Crippen LogP contribution in [0.2, 0.25) is 0 Å². The van der Waals surface area contributed by atoms with Crippen LogP contribution in [0.15, 0.2) is 73.3 Å². The Balaban J connectivity index is 2.28. The maximum Gasteiger partial charge on any atom is 0.258 e. The lowest BCUT2D eigenvalue weighted by atomic mass is 10.1. The lowest BCUT2D eigenvalue weighted by Crippen LogP contribution is -2.31. The normalized spacial score (nSPS) is 9.89. The Kier molecular flexibility index (Phi) is 4.51. The van der Waals surface area contributed by atoms with Gasteiger partial charge >= 0.3 is 0 Å². The standard InChI is InChI=1S/C17H17NO/c1-2-3-14-18(16-12-8-5-9-13-16)17(19)15-10-6-4-7-11-15/h2,4-13H,1,3,14H2. The fourth-order valence-electron chi connectivity index (χ4n) is 1.91. The molecule has 0 bridgehead atoms. The van der Waals surface area contributed by atoms with Gasteiger partial charge in [-0.1, -0.05) is 42.5 Å². The third-order valence-corrected chi connectivity index (χ3v) is 2.89. The zero-order chi connectivity index (χ0) is 13.5. The molecule has 0 heterocycles. The van der Waals surface area contributed by atoms with E-state index >= 15 is 0 Å². The molecule has 0 aliphatic rings. The first-order chi connectivity index (χ1) is 9.33. The number of hydrogen-bond donors (Lipinski definition) is 0. The number of hydrogen-bond acceptors (Lipinski definition) is 1. The molecule has 96 valence electrons. The third kappa shape index (κ3) is 3.32. The Morgan fingerprint density at radius 2 is 1.58 bits per heavy atom. The second-order valence-corrected chi connectivity index (χ2v) is 4.24. The second-order valence-electron chi connectivity index (χ2n) is 4.24. The van der Waals surface area contributed by atoms with E-state index in [9.17, 15) is 4.79 Å². The first-order valence-corrected chi connectivity index (χ1v) is 6.36. The average Bonchev–Trinajstić information content (AvgIpc) is 2.49. The molecule has 0 N–H and O–H groups in total. The highest BCUT2D eigenvalue weighted by atomic mass is 16.2. The largest absolute Gasteiger partial charge is 0.308 e. The predicted molar refractivity (Wildman–Crippen MR) is 79.4 cm³/mol. The summed E-state index contributed by atoms with van der Waals surface area (Å²) in [7, 11) is 0. The summed E-state index contributed by atoms with van der Waals surface area (Å²) >= 11 is 0. The lowest BCUT2D eigenvalue weighted by molar-refractivity contribution is 0.0987. The average molecular weight is 251 g/mol. The summed E-state index contributed by atoms with van der Waals surface area (Å²) in [4.78, 5) is 14.3. The molecule has 2 aromatic rings. The molecule has 0 unspecified atom stereocenters. The van der Waals surface area contributed by atoms with Gasteiger partial charge in [-0.05, 0) is 30.7 Å². The molecule has 0 aliphatic carbocycles.